The van der Waals surface area contributed by atoms with Crippen molar-refractivity contribution < 1.29 is 55.1 Å². The van der Waals surface area contributed by atoms with Gasteiger partial charge in [-0.25, -0.2) is 0 Å². The highest BCUT2D eigenvalue weighted by Crippen LogP contribution is 2.32. The molecule has 0 radical (unpaired) electrons. The van der Waals surface area contributed by atoms with E-state index in [2.05, 4.69) is 6.92 Å². The maximum atomic E-state index is 10.5. The van der Waals surface area contributed by atoms with E-state index in [1.54, 1.807) is 0 Å². The van der Waals surface area contributed by atoms with Crippen LogP contribution in [0.15, 0.2) is 0 Å². The zero-order valence-electron chi connectivity index (χ0n) is 16.8. The summed E-state index contributed by atoms with van der Waals surface area (Å²) in [5, 5.41) is 80.1. The topological polar surface area (TPSA) is 190 Å². The minimum absolute atomic E-state index is 0.282. The van der Waals surface area contributed by atoms with Crippen LogP contribution < -0.4 is 0 Å². The molecule has 30 heavy (non-hydrogen) atoms. The summed E-state index contributed by atoms with van der Waals surface area (Å²) in [6.45, 7) is 2.79. The van der Waals surface area contributed by atoms with Gasteiger partial charge >= 0.3 is 0 Å². The van der Waals surface area contributed by atoms with Crippen molar-refractivity contribution in [3.8, 4) is 0 Å². The lowest BCUT2D eigenvalue weighted by Crippen LogP contribution is -2.66. The molecule has 1 saturated carbocycles. The molecule has 0 aromatic rings. The highest BCUT2D eigenvalue weighted by Gasteiger charge is 2.53. The predicted molar refractivity (Wildman–Crippen MR) is 101 cm³/mol. The highest BCUT2D eigenvalue weighted by atomic mass is 16.7. The molecule has 2 fully saturated rings. The lowest BCUT2D eigenvalue weighted by Gasteiger charge is -2.47. The second kappa shape index (κ2) is 12.0. The van der Waals surface area contributed by atoms with Gasteiger partial charge in [0.2, 0.25) is 0 Å². The van der Waals surface area contributed by atoms with E-state index in [9.17, 15) is 40.9 Å². The van der Waals surface area contributed by atoms with Crippen LogP contribution in [0.2, 0.25) is 0 Å². The Hall–Kier alpha value is -0.440. The number of aliphatic hydroxyl groups excluding tert-OH is 8. The number of ether oxygens (including phenoxy) is 3. The molecule has 0 spiro atoms. The van der Waals surface area contributed by atoms with Crippen molar-refractivity contribution in [2.24, 2.45) is 5.92 Å². The van der Waals surface area contributed by atoms with Gasteiger partial charge in [0.1, 0.15) is 42.7 Å². The summed E-state index contributed by atoms with van der Waals surface area (Å²) >= 11 is 0. The van der Waals surface area contributed by atoms with Gasteiger partial charge in [0, 0.05) is 12.5 Å². The standard InChI is InChI=1S/C19H35O11/c1-2-3-4-5-6-28-18-10(8-21)29-19(16(27)15(18)26)30-17-9(7-20)11(22)12(23)13(24)14(17)25/h9-27H,1-8H2/q-1/t9-,10+,11-,12+,13-,14+,15+,16+,17+,18+,19+/m0/s1. The first-order valence-corrected chi connectivity index (χ1v) is 10.3. The molecule has 1 aliphatic heterocycles. The molecule has 1 heterocycles. The van der Waals surface area contributed by atoms with Gasteiger partial charge in [-0.2, -0.15) is 6.42 Å². The number of unbranched alkanes of at least 4 members (excludes halogenated alkanes) is 3. The van der Waals surface area contributed by atoms with Crippen molar-refractivity contribution in [2.75, 3.05) is 19.8 Å². The third-order valence-electron chi connectivity index (χ3n) is 5.77. The van der Waals surface area contributed by atoms with Crippen molar-refractivity contribution in [3.63, 3.8) is 0 Å². The molecule has 0 bridgehead atoms. The molecular weight excluding hydrogens is 404 g/mol. The fourth-order valence-electron chi connectivity index (χ4n) is 3.89. The normalized spacial score (nSPS) is 44.9. The van der Waals surface area contributed by atoms with Crippen molar-refractivity contribution >= 4 is 0 Å². The van der Waals surface area contributed by atoms with Crippen LogP contribution in [0, 0.1) is 12.8 Å². The molecule has 1 aliphatic carbocycles. The van der Waals surface area contributed by atoms with Crippen molar-refractivity contribution in [1.82, 2.24) is 0 Å². The number of hydrogen-bond donors (Lipinski definition) is 8. The Bertz CT molecular complexity index is 493. The average Bonchev–Trinajstić information content (AvgIpc) is 2.74. The Morgan fingerprint density at radius 1 is 0.700 bits per heavy atom. The maximum absolute atomic E-state index is 10.5. The number of aliphatic hydroxyl groups is 8. The van der Waals surface area contributed by atoms with E-state index in [1.165, 1.54) is 0 Å². The maximum Gasteiger partial charge on any atom is 0.187 e. The molecule has 2 aliphatic rings. The van der Waals surface area contributed by atoms with Gasteiger partial charge in [-0.3, -0.25) is 0 Å². The van der Waals surface area contributed by atoms with Crippen LogP contribution in [0.1, 0.15) is 25.7 Å². The summed E-state index contributed by atoms with van der Waals surface area (Å²) in [6, 6.07) is 0. The van der Waals surface area contributed by atoms with Gasteiger partial charge < -0.3 is 62.0 Å². The van der Waals surface area contributed by atoms with Crippen molar-refractivity contribution in [2.45, 2.75) is 86.9 Å². The van der Waals surface area contributed by atoms with Gasteiger partial charge in [0.15, 0.2) is 6.29 Å². The first kappa shape index (κ1) is 25.8. The Balaban J connectivity index is 2.04. The second-order valence-corrected chi connectivity index (χ2v) is 7.87. The Labute approximate surface area is 175 Å². The monoisotopic (exact) mass is 439 g/mol. The summed E-state index contributed by atoms with van der Waals surface area (Å²) in [6.07, 6.45) is -11.6. The van der Waals surface area contributed by atoms with Gasteiger partial charge in [-0.05, 0) is 6.42 Å². The SMILES string of the molecule is [CH2-]CCCCCO[C@H]1[C@H](O)[C@@H](O)[C@@H](O[C@H]2[C@H](O)[C@@H](O)[C@H](O)[C@@H](O)[C@@H]2CO)O[C@@H]1CO. The fourth-order valence-corrected chi connectivity index (χ4v) is 3.89. The quantitative estimate of drug-likeness (QED) is 0.125. The van der Waals surface area contributed by atoms with Crippen molar-refractivity contribution in [1.29, 1.82) is 0 Å². The Morgan fingerprint density at radius 2 is 1.33 bits per heavy atom. The van der Waals surface area contributed by atoms with E-state index in [4.69, 9.17) is 14.2 Å². The lowest BCUT2D eigenvalue weighted by atomic mass is 9.78. The zero-order chi connectivity index (χ0) is 22.4. The first-order chi connectivity index (χ1) is 14.3. The molecule has 11 atom stereocenters. The third-order valence-corrected chi connectivity index (χ3v) is 5.77. The van der Waals surface area contributed by atoms with Gasteiger partial charge in [-0.1, -0.05) is 12.8 Å². The minimum Gasteiger partial charge on any atom is -0.396 e. The molecule has 0 amide bonds. The summed E-state index contributed by atoms with van der Waals surface area (Å²) < 4.78 is 16.6. The largest absolute Gasteiger partial charge is 0.396 e. The predicted octanol–water partition coefficient (Wildman–Crippen LogP) is -3.34. The molecule has 11 nitrogen and oxygen atoms in total. The van der Waals surface area contributed by atoms with E-state index in [-0.39, 0.29) is 6.61 Å². The minimum atomic E-state index is -1.76. The molecule has 0 aromatic carbocycles. The summed E-state index contributed by atoms with van der Waals surface area (Å²) in [5.74, 6) is -1.19. The molecule has 2 rings (SSSR count). The Kier molecular flexibility index (Phi) is 10.3. The molecule has 8 N–H and O–H groups in total. The van der Waals surface area contributed by atoms with Crippen LogP contribution in [0.4, 0.5) is 0 Å². The van der Waals surface area contributed by atoms with E-state index < -0.39 is 80.4 Å². The molecule has 1 saturated heterocycles. The highest BCUT2D eigenvalue weighted by molar-refractivity contribution is 5.00. The third kappa shape index (κ3) is 5.67. The molecule has 0 aromatic heterocycles. The van der Waals surface area contributed by atoms with E-state index in [0.29, 0.717) is 6.42 Å². The molecule has 11 heteroatoms. The summed E-state index contributed by atoms with van der Waals surface area (Å²) in [4.78, 5) is 0. The smallest absolute Gasteiger partial charge is 0.187 e. The van der Waals surface area contributed by atoms with Crippen LogP contribution >= 0.6 is 0 Å². The van der Waals surface area contributed by atoms with Crippen LogP contribution in [0.5, 0.6) is 0 Å². The number of hydrogen-bond acceptors (Lipinski definition) is 11. The van der Waals surface area contributed by atoms with Gasteiger partial charge in [-0.15, -0.1) is 0 Å². The molecule has 178 valence electrons. The van der Waals surface area contributed by atoms with E-state index in [1.807, 2.05) is 0 Å². The average molecular weight is 439 g/mol. The zero-order valence-corrected chi connectivity index (χ0v) is 16.8. The first-order valence-electron chi connectivity index (χ1n) is 10.3. The van der Waals surface area contributed by atoms with Gasteiger partial charge in [0.05, 0.1) is 25.4 Å². The molecular formula is C19H35O11-. The van der Waals surface area contributed by atoms with E-state index >= 15 is 0 Å². The van der Waals surface area contributed by atoms with Crippen LogP contribution in [-0.2, 0) is 14.2 Å². The van der Waals surface area contributed by atoms with Crippen LogP contribution in [0.3, 0.4) is 0 Å². The van der Waals surface area contributed by atoms with Crippen molar-refractivity contribution in [3.05, 3.63) is 6.92 Å². The fraction of sp³-hybridized carbons (Fsp3) is 0.947. The van der Waals surface area contributed by atoms with Crippen LogP contribution in [-0.4, -0.2) is 122 Å². The summed E-state index contributed by atoms with van der Waals surface area (Å²) in [7, 11) is 0. The van der Waals surface area contributed by atoms with Gasteiger partial charge in [0.25, 0.3) is 0 Å². The Morgan fingerprint density at radius 3 is 1.93 bits per heavy atom. The molecule has 0 unspecified atom stereocenters. The number of rotatable bonds is 10. The summed E-state index contributed by atoms with van der Waals surface area (Å²) in [5.41, 5.74) is 0. The van der Waals surface area contributed by atoms with E-state index in [0.717, 1.165) is 19.3 Å². The van der Waals surface area contributed by atoms with Crippen LogP contribution in [0.25, 0.3) is 0 Å². The lowest BCUT2D eigenvalue weighted by molar-refractivity contribution is -0.340. The second-order valence-electron chi connectivity index (χ2n) is 7.87.